The molecule has 2 N–H and O–H groups in total. The molecule has 0 amide bonds. The number of fused-ring (bicyclic) bond motifs is 1. The highest BCUT2D eigenvalue weighted by atomic mass is 15.0. The maximum atomic E-state index is 9.40. The van der Waals surface area contributed by atoms with Crippen molar-refractivity contribution in [1.29, 1.82) is 5.26 Å². The van der Waals surface area contributed by atoms with E-state index in [0.29, 0.717) is 11.6 Å². The Labute approximate surface area is 160 Å². The second-order valence-electron chi connectivity index (χ2n) is 7.09. The highest BCUT2D eigenvalue weighted by Crippen LogP contribution is 2.39. The molecule has 0 bridgehead atoms. The Balaban J connectivity index is 2.00. The van der Waals surface area contributed by atoms with E-state index in [9.17, 15) is 5.26 Å². The van der Waals surface area contributed by atoms with E-state index in [2.05, 4.69) is 61.0 Å². The van der Waals surface area contributed by atoms with Gasteiger partial charge in [0.15, 0.2) is 0 Å². The molecule has 1 unspecified atom stereocenters. The van der Waals surface area contributed by atoms with Gasteiger partial charge in [0.2, 0.25) is 0 Å². The first-order chi connectivity index (χ1) is 13.1. The first kappa shape index (κ1) is 17.2. The number of anilines is 1. The predicted molar refractivity (Wildman–Crippen MR) is 112 cm³/mol. The van der Waals surface area contributed by atoms with Crippen molar-refractivity contribution in [3.05, 3.63) is 77.5 Å². The number of rotatable bonds is 3. The zero-order valence-corrected chi connectivity index (χ0v) is 15.7. The fourth-order valence-corrected chi connectivity index (χ4v) is 4.05. The maximum absolute atomic E-state index is 9.40. The van der Waals surface area contributed by atoms with Crippen molar-refractivity contribution in [1.82, 2.24) is 4.57 Å². The number of hydrogen-bond acceptors (Lipinski definition) is 2. The molecule has 4 rings (SSSR count). The Morgan fingerprint density at radius 2 is 2.07 bits per heavy atom. The average molecular weight is 353 g/mol. The lowest BCUT2D eigenvalue weighted by Gasteiger charge is -2.23. The lowest BCUT2D eigenvalue weighted by molar-refractivity contribution is 0.579. The smallest absolute Gasteiger partial charge is 0.0991 e. The number of nitrogen functional groups attached to an aromatic ring is 1. The van der Waals surface area contributed by atoms with Gasteiger partial charge >= 0.3 is 0 Å². The maximum Gasteiger partial charge on any atom is 0.0991 e. The van der Waals surface area contributed by atoms with Gasteiger partial charge in [-0.15, -0.1) is 0 Å². The van der Waals surface area contributed by atoms with Crippen LogP contribution >= 0.6 is 0 Å². The molecule has 1 aliphatic rings. The molecule has 0 fully saturated rings. The summed E-state index contributed by atoms with van der Waals surface area (Å²) in [5.41, 5.74) is 13.6. The summed E-state index contributed by atoms with van der Waals surface area (Å²) >= 11 is 0. The summed E-state index contributed by atoms with van der Waals surface area (Å²) < 4.78 is 2.37. The van der Waals surface area contributed by atoms with Gasteiger partial charge in [-0.1, -0.05) is 37.3 Å². The molecule has 27 heavy (non-hydrogen) atoms. The van der Waals surface area contributed by atoms with E-state index < -0.39 is 0 Å². The molecule has 0 saturated heterocycles. The summed E-state index contributed by atoms with van der Waals surface area (Å²) in [7, 11) is 0. The second kappa shape index (κ2) is 6.81. The third kappa shape index (κ3) is 2.84. The molecule has 0 aliphatic heterocycles. The number of benzene rings is 2. The second-order valence-corrected chi connectivity index (χ2v) is 7.09. The quantitative estimate of drug-likeness (QED) is 0.595. The van der Waals surface area contributed by atoms with Crippen molar-refractivity contribution in [3.8, 4) is 17.2 Å². The van der Waals surface area contributed by atoms with Gasteiger partial charge in [-0.25, -0.2) is 0 Å². The molecule has 134 valence electrons. The molecule has 0 saturated carbocycles. The van der Waals surface area contributed by atoms with Gasteiger partial charge in [0.25, 0.3) is 0 Å². The van der Waals surface area contributed by atoms with Gasteiger partial charge in [0, 0.05) is 28.4 Å². The fraction of sp³-hybridized carbons (Fsp3) is 0.208. The molecular formula is C24H23N3. The summed E-state index contributed by atoms with van der Waals surface area (Å²) in [5.74, 6) is 0. The van der Waals surface area contributed by atoms with E-state index in [4.69, 9.17) is 5.73 Å². The molecule has 3 aromatic rings. The lowest BCUT2D eigenvalue weighted by Crippen LogP contribution is -2.11. The summed E-state index contributed by atoms with van der Waals surface area (Å²) in [6.07, 6.45) is 10.9. The van der Waals surface area contributed by atoms with Crippen LogP contribution in [0.3, 0.4) is 0 Å². The summed E-state index contributed by atoms with van der Waals surface area (Å²) in [6.45, 7) is 4.27. The van der Waals surface area contributed by atoms with Gasteiger partial charge < -0.3 is 10.3 Å². The first-order valence-corrected chi connectivity index (χ1v) is 9.39. The third-order valence-electron chi connectivity index (χ3n) is 5.61. The molecular weight excluding hydrogens is 330 g/mol. The molecule has 1 atom stereocenters. The highest BCUT2D eigenvalue weighted by molar-refractivity contribution is 5.98. The third-order valence-corrected chi connectivity index (χ3v) is 5.61. The molecule has 3 heteroatoms. The summed E-state index contributed by atoms with van der Waals surface area (Å²) in [5, 5.41) is 10.5. The minimum Gasteiger partial charge on any atom is -0.398 e. The topological polar surface area (TPSA) is 54.7 Å². The van der Waals surface area contributed by atoms with Crippen LogP contribution in [0.2, 0.25) is 0 Å². The standard InChI is InChI=1S/C24H23N3/c1-3-18-7-4-5-10-23(18)27-15-21(19-8-6-9-22(26)16(19)2)20-13-17(14-25)11-12-24(20)27/h4-9,11-13,15,23H,3,10,26H2,1-2H3. The minimum absolute atomic E-state index is 0.311. The number of hydrogen-bond donors (Lipinski definition) is 1. The first-order valence-electron chi connectivity index (χ1n) is 9.39. The zero-order chi connectivity index (χ0) is 19.0. The Bertz CT molecular complexity index is 1120. The van der Waals surface area contributed by atoms with Gasteiger partial charge in [0.1, 0.15) is 0 Å². The summed E-state index contributed by atoms with van der Waals surface area (Å²) in [6, 6.07) is 14.6. The minimum atomic E-state index is 0.311. The molecule has 0 radical (unpaired) electrons. The molecule has 1 aromatic heterocycles. The Kier molecular flexibility index (Phi) is 4.33. The van der Waals surface area contributed by atoms with E-state index in [1.165, 1.54) is 5.57 Å². The molecule has 3 nitrogen and oxygen atoms in total. The van der Waals surface area contributed by atoms with E-state index >= 15 is 0 Å². The number of nitrogens with two attached hydrogens (primary N) is 1. The SMILES string of the molecule is CCC1=CC=CCC1n1cc(-c2cccc(N)c2C)c2cc(C#N)ccc21. The van der Waals surface area contributed by atoms with E-state index in [0.717, 1.165) is 46.1 Å². The van der Waals surface area contributed by atoms with Gasteiger partial charge in [-0.3, -0.25) is 0 Å². The van der Waals surface area contributed by atoms with Crippen molar-refractivity contribution in [3.63, 3.8) is 0 Å². The van der Waals surface area contributed by atoms with Crippen molar-refractivity contribution >= 4 is 16.6 Å². The Morgan fingerprint density at radius 3 is 2.85 bits per heavy atom. The van der Waals surface area contributed by atoms with E-state index in [-0.39, 0.29) is 0 Å². The molecule has 1 aliphatic carbocycles. The monoisotopic (exact) mass is 353 g/mol. The average Bonchev–Trinajstić information content (AvgIpc) is 3.08. The summed E-state index contributed by atoms with van der Waals surface area (Å²) in [4.78, 5) is 0. The van der Waals surface area contributed by atoms with Crippen LogP contribution in [0.5, 0.6) is 0 Å². The van der Waals surface area contributed by atoms with Crippen molar-refractivity contribution in [2.45, 2.75) is 32.7 Å². The molecule has 1 heterocycles. The number of nitriles is 1. The van der Waals surface area contributed by atoms with Gasteiger partial charge in [-0.2, -0.15) is 5.26 Å². The number of aromatic nitrogens is 1. The van der Waals surface area contributed by atoms with Crippen LogP contribution in [0.15, 0.2) is 66.4 Å². The van der Waals surface area contributed by atoms with Crippen LogP contribution in [0.1, 0.15) is 36.9 Å². The van der Waals surface area contributed by atoms with Crippen LogP contribution in [-0.4, -0.2) is 4.57 Å². The zero-order valence-electron chi connectivity index (χ0n) is 15.7. The normalized spacial score (nSPS) is 16.3. The van der Waals surface area contributed by atoms with Crippen LogP contribution in [0, 0.1) is 18.3 Å². The number of allylic oxidation sites excluding steroid dienone is 4. The molecule has 0 spiro atoms. The van der Waals surface area contributed by atoms with Crippen molar-refractivity contribution in [2.24, 2.45) is 0 Å². The Hall–Kier alpha value is -3.25. The van der Waals surface area contributed by atoms with E-state index in [1.54, 1.807) is 0 Å². The highest BCUT2D eigenvalue weighted by Gasteiger charge is 2.21. The van der Waals surface area contributed by atoms with Crippen LogP contribution in [0.4, 0.5) is 5.69 Å². The van der Waals surface area contributed by atoms with Crippen LogP contribution in [0.25, 0.3) is 22.0 Å². The number of nitrogens with zero attached hydrogens (tertiary/aromatic N) is 2. The van der Waals surface area contributed by atoms with Crippen molar-refractivity contribution in [2.75, 3.05) is 5.73 Å². The van der Waals surface area contributed by atoms with E-state index in [1.807, 2.05) is 24.3 Å². The van der Waals surface area contributed by atoms with Crippen LogP contribution < -0.4 is 5.73 Å². The Morgan fingerprint density at radius 1 is 1.22 bits per heavy atom. The van der Waals surface area contributed by atoms with Crippen LogP contribution in [-0.2, 0) is 0 Å². The van der Waals surface area contributed by atoms with Gasteiger partial charge in [0.05, 0.1) is 17.7 Å². The molecule has 2 aromatic carbocycles. The lowest BCUT2D eigenvalue weighted by atomic mass is 9.96. The largest absolute Gasteiger partial charge is 0.398 e. The fourth-order valence-electron chi connectivity index (χ4n) is 4.05. The van der Waals surface area contributed by atoms with Gasteiger partial charge in [-0.05, 0) is 60.7 Å². The predicted octanol–water partition coefficient (Wildman–Crippen LogP) is 5.91. The van der Waals surface area contributed by atoms with Crippen molar-refractivity contribution < 1.29 is 0 Å².